The highest BCUT2D eigenvalue weighted by atomic mass is 16.2. The molecule has 3 heteroatoms. The van der Waals surface area contributed by atoms with Crippen LogP contribution >= 0.6 is 0 Å². The number of nitrogens with one attached hydrogen (secondary N) is 1. The van der Waals surface area contributed by atoms with Gasteiger partial charge in [-0.3, -0.25) is 10.2 Å². The molecule has 0 saturated carbocycles. The Hall–Kier alpha value is -2.13. The quantitative estimate of drug-likeness (QED) is 0.299. The lowest BCUT2D eigenvalue weighted by atomic mass is 10.00. The third-order valence-electron chi connectivity index (χ3n) is 4.38. The van der Waals surface area contributed by atoms with Crippen LogP contribution in [0.15, 0.2) is 48.5 Å². The van der Waals surface area contributed by atoms with E-state index in [1.165, 1.54) is 49.7 Å². The molecule has 0 spiro atoms. The fourth-order valence-corrected chi connectivity index (χ4v) is 2.87. The molecule has 0 atom stereocenters. The summed E-state index contributed by atoms with van der Waals surface area (Å²) >= 11 is 0. The second-order valence-electron chi connectivity index (χ2n) is 6.27. The number of carbonyl (C=O) groups excluding carboxylic acids is 1. The number of nitrogens with two attached hydrogens (primary N) is 1. The van der Waals surface area contributed by atoms with E-state index in [1.807, 2.05) is 12.1 Å². The van der Waals surface area contributed by atoms with Crippen molar-refractivity contribution in [1.82, 2.24) is 5.43 Å². The Kier molecular flexibility index (Phi) is 7.50. The van der Waals surface area contributed by atoms with Crippen LogP contribution in [-0.4, -0.2) is 5.91 Å². The predicted molar refractivity (Wildman–Crippen MR) is 101 cm³/mol. The Labute approximate surface area is 145 Å². The fraction of sp³-hybridized carbons (Fsp3) is 0.381. The zero-order valence-corrected chi connectivity index (χ0v) is 14.6. The highest BCUT2D eigenvalue weighted by molar-refractivity contribution is 5.94. The summed E-state index contributed by atoms with van der Waals surface area (Å²) in [6, 6.07) is 16.2. The van der Waals surface area contributed by atoms with E-state index in [0.717, 1.165) is 12.0 Å². The van der Waals surface area contributed by atoms with Crippen LogP contribution < -0.4 is 11.3 Å². The van der Waals surface area contributed by atoms with Gasteiger partial charge in [0.05, 0.1) is 0 Å². The van der Waals surface area contributed by atoms with Gasteiger partial charge in [0, 0.05) is 5.56 Å². The van der Waals surface area contributed by atoms with E-state index in [1.54, 1.807) is 12.1 Å². The van der Waals surface area contributed by atoms with Crippen molar-refractivity contribution in [2.75, 3.05) is 0 Å². The maximum Gasteiger partial charge on any atom is 0.265 e. The zero-order valence-electron chi connectivity index (χ0n) is 14.6. The standard InChI is InChI=1S/C21H28N2O/c1-2-3-4-5-6-7-8-17-9-11-18(12-10-17)19-13-15-20(16-14-19)21(24)23-22/h9-16H,2-8,22H2,1H3,(H,23,24). The number of benzene rings is 2. The lowest BCUT2D eigenvalue weighted by molar-refractivity contribution is 0.0953. The van der Waals surface area contributed by atoms with Crippen molar-refractivity contribution in [3.63, 3.8) is 0 Å². The van der Waals surface area contributed by atoms with E-state index in [9.17, 15) is 4.79 Å². The second-order valence-corrected chi connectivity index (χ2v) is 6.27. The minimum Gasteiger partial charge on any atom is -0.290 e. The molecule has 128 valence electrons. The Morgan fingerprint density at radius 3 is 1.96 bits per heavy atom. The normalized spacial score (nSPS) is 10.6. The highest BCUT2D eigenvalue weighted by Gasteiger charge is 2.04. The molecular formula is C21H28N2O. The Morgan fingerprint density at radius 2 is 1.38 bits per heavy atom. The summed E-state index contributed by atoms with van der Waals surface area (Å²) in [4.78, 5) is 11.5. The van der Waals surface area contributed by atoms with Crippen molar-refractivity contribution in [3.05, 3.63) is 59.7 Å². The molecule has 0 radical (unpaired) electrons. The van der Waals surface area contributed by atoms with E-state index in [0.29, 0.717) is 5.56 Å². The maximum atomic E-state index is 11.5. The summed E-state index contributed by atoms with van der Waals surface area (Å²) in [5, 5.41) is 0. The van der Waals surface area contributed by atoms with Crippen molar-refractivity contribution in [1.29, 1.82) is 0 Å². The first-order valence-corrected chi connectivity index (χ1v) is 8.95. The van der Waals surface area contributed by atoms with Crippen LogP contribution in [0.5, 0.6) is 0 Å². The fourth-order valence-electron chi connectivity index (χ4n) is 2.87. The number of nitrogen functional groups attached to an aromatic ring is 1. The monoisotopic (exact) mass is 324 g/mol. The summed E-state index contributed by atoms with van der Waals surface area (Å²) in [6.07, 6.45) is 9.14. The van der Waals surface area contributed by atoms with E-state index in [4.69, 9.17) is 5.84 Å². The smallest absolute Gasteiger partial charge is 0.265 e. The molecule has 0 unspecified atom stereocenters. The lowest BCUT2D eigenvalue weighted by Crippen LogP contribution is -2.29. The van der Waals surface area contributed by atoms with Crippen LogP contribution in [0.25, 0.3) is 11.1 Å². The van der Waals surface area contributed by atoms with Crippen LogP contribution in [-0.2, 0) is 6.42 Å². The zero-order chi connectivity index (χ0) is 17.2. The number of carbonyl (C=O) groups is 1. The minimum absolute atomic E-state index is 0.268. The number of hydrogen-bond donors (Lipinski definition) is 2. The van der Waals surface area contributed by atoms with Gasteiger partial charge in [0.25, 0.3) is 5.91 Å². The summed E-state index contributed by atoms with van der Waals surface area (Å²) < 4.78 is 0. The second kappa shape index (κ2) is 9.89. The predicted octanol–water partition coefficient (Wildman–Crippen LogP) is 4.86. The van der Waals surface area contributed by atoms with Gasteiger partial charge < -0.3 is 0 Å². The van der Waals surface area contributed by atoms with Gasteiger partial charge in [0.15, 0.2) is 0 Å². The van der Waals surface area contributed by atoms with E-state index in [2.05, 4.69) is 36.6 Å². The molecule has 3 nitrogen and oxygen atoms in total. The first-order valence-electron chi connectivity index (χ1n) is 8.95. The molecule has 0 heterocycles. The van der Waals surface area contributed by atoms with Crippen molar-refractivity contribution < 1.29 is 4.79 Å². The van der Waals surface area contributed by atoms with Gasteiger partial charge in [-0.15, -0.1) is 0 Å². The SMILES string of the molecule is CCCCCCCCc1ccc(-c2ccc(C(=O)NN)cc2)cc1. The van der Waals surface area contributed by atoms with Crippen LogP contribution in [0.1, 0.15) is 61.4 Å². The minimum atomic E-state index is -0.268. The number of hydrazine groups is 1. The maximum absolute atomic E-state index is 11.5. The molecule has 2 rings (SSSR count). The number of rotatable bonds is 9. The number of aryl methyl sites for hydroxylation is 1. The van der Waals surface area contributed by atoms with Crippen LogP contribution in [0.4, 0.5) is 0 Å². The average Bonchev–Trinajstić information content (AvgIpc) is 2.64. The molecule has 2 aromatic rings. The molecule has 0 aromatic heterocycles. The summed E-state index contributed by atoms with van der Waals surface area (Å²) in [5.74, 6) is 4.88. The van der Waals surface area contributed by atoms with Crippen molar-refractivity contribution in [2.45, 2.75) is 51.9 Å². The third kappa shape index (κ3) is 5.50. The molecular weight excluding hydrogens is 296 g/mol. The van der Waals surface area contributed by atoms with Crippen molar-refractivity contribution in [2.24, 2.45) is 5.84 Å². The first-order chi connectivity index (χ1) is 11.7. The molecule has 0 aliphatic heterocycles. The molecule has 2 aromatic carbocycles. The number of unbranched alkanes of at least 4 members (excludes halogenated alkanes) is 5. The summed E-state index contributed by atoms with van der Waals surface area (Å²) in [7, 11) is 0. The first kappa shape index (κ1) is 18.2. The molecule has 0 saturated heterocycles. The number of hydrogen-bond acceptors (Lipinski definition) is 2. The largest absolute Gasteiger partial charge is 0.290 e. The van der Waals surface area contributed by atoms with Gasteiger partial charge in [0.1, 0.15) is 0 Å². The van der Waals surface area contributed by atoms with Crippen LogP contribution in [0.3, 0.4) is 0 Å². The van der Waals surface area contributed by atoms with Crippen molar-refractivity contribution >= 4 is 5.91 Å². The van der Waals surface area contributed by atoms with Gasteiger partial charge >= 0.3 is 0 Å². The summed E-state index contributed by atoms with van der Waals surface area (Å²) in [5.41, 5.74) is 6.39. The van der Waals surface area contributed by atoms with Crippen molar-refractivity contribution in [3.8, 4) is 11.1 Å². The van der Waals surface area contributed by atoms with E-state index >= 15 is 0 Å². The number of amides is 1. The molecule has 24 heavy (non-hydrogen) atoms. The van der Waals surface area contributed by atoms with Gasteiger partial charge in [0.2, 0.25) is 0 Å². The van der Waals surface area contributed by atoms with Gasteiger partial charge in [-0.2, -0.15) is 0 Å². The Morgan fingerprint density at radius 1 is 0.833 bits per heavy atom. The molecule has 0 aliphatic carbocycles. The van der Waals surface area contributed by atoms with Crippen LogP contribution in [0.2, 0.25) is 0 Å². The topological polar surface area (TPSA) is 55.1 Å². The molecule has 1 amide bonds. The summed E-state index contributed by atoms with van der Waals surface area (Å²) in [6.45, 7) is 2.25. The van der Waals surface area contributed by atoms with Crippen LogP contribution in [0, 0.1) is 0 Å². The molecule has 0 fully saturated rings. The molecule has 3 N–H and O–H groups in total. The van der Waals surface area contributed by atoms with Gasteiger partial charge in [-0.05, 0) is 41.7 Å². The van der Waals surface area contributed by atoms with E-state index < -0.39 is 0 Å². The Balaban J connectivity index is 1.86. The molecule has 0 bridgehead atoms. The van der Waals surface area contributed by atoms with E-state index in [-0.39, 0.29) is 5.91 Å². The lowest BCUT2D eigenvalue weighted by Gasteiger charge is -2.06. The molecule has 0 aliphatic rings. The Bertz CT molecular complexity index is 617. The van der Waals surface area contributed by atoms with Gasteiger partial charge in [-0.25, -0.2) is 5.84 Å². The van der Waals surface area contributed by atoms with Gasteiger partial charge in [-0.1, -0.05) is 75.4 Å². The third-order valence-corrected chi connectivity index (χ3v) is 4.38. The highest BCUT2D eigenvalue weighted by Crippen LogP contribution is 2.21. The average molecular weight is 324 g/mol.